The number of halogens is 1. The van der Waals surface area contributed by atoms with E-state index < -0.39 is 0 Å². The van der Waals surface area contributed by atoms with Crippen LogP contribution in [0.25, 0.3) is 0 Å². The van der Waals surface area contributed by atoms with Crippen LogP contribution >= 0.6 is 11.6 Å². The van der Waals surface area contributed by atoms with E-state index in [2.05, 4.69) is 46.5 Å². The highest BCUT2D eigenvalue weighted by molar-refractivity contribution is 6.17. The second kappa shape index (κ2) is 7.20. The Bertz CT molecular complexity index is 572. The quantitative estimate of drug-likeness (QED) is 0.829. The number of benzene rings is 1. The fourth-order valence-corrected chi connectivity index (χ4v) is 2.18. The first-order chi connectivity index (χ1) is 9.76. The first-order valence-electron chi connectivity index (χ1n) is 6.87. The van der Waals surface area contributed by atoms with E-state index in [1.54, 1.807) is 0 Å². The van der Waals surface area contributed by atoms with Crippen molar-refractivity contribution in [2.24, 2.45) is 0 Å². The summed E-state index contributed by atoms with van der Waals surface area (Å²) in [7, 11) is 0. The highest BCUT2D eigenvalue weighted by atomic mass is 35.5. The number of aromatic nitrogens is 3. The molecule has 0 spiro atoms. The molecule has 1 aromatic carbocycles. The standard InChI is InChI=1S/C15H19ClN4/c1-3-13-14(4-2)19-20-15(18-13)17-10-12-7-5-6-11(8-12)9-16/h5-8H,3-4,9-10H2,1-2H3,(H,17,18,20). The molecule has 0 saturated carbocycles. The number of nitrogens with zero attached hydrogens (tertiary/aromatic N) is 3. The van der Waals surface area contributed by atoms with E-state index >= 15 is 0 Å². The van der Waals surface area contributed by atoms with Crippen LogP contribution in [0.5, 0.6) is 0 Å². The lowest BCUT2D eigenvalue weighted by molar-refractivity contribution is 0.819. The zero-order valence-corrected chi connectivity index (χ0v) is 12.6. The monoisotopic (exact) mass is 290 g/mol. The van der Waals surface area contributed by atoms with Crippen molar-refractivity contribution >= 4 is 17.5 Å². The van der Waals surface area contributed by atoms with Gasteiger partial charge >= 0.3 is 0 Å². The Kier molecular flexibility index (Phi) is 5.30. The van der Waals surface area contributed by atoms with Crippen molar-refractivity contribution in [2.45, 2.75) is 39.1 Å². The maximum absolute atomic E-state index is 5.83. The first kappa shape index (κ1) is 14.7. The van der Waals surface area contributed by atoms with Gasteiger partial charge in [-0.2, -0.15) is 5.10 Å². The smallest absolute Gasteiger partial charge is 0.243 e. The van der Waals surface area contributed by atoms with Crippen molar-refractivity contribution in [3.63, 3.8) is 0 Å². The maximum Gasteiger partial charge on any atom is 0.243 e. The van der Waals surface area contributed by atoms with Crippen molar-refractivity contribution in [1.29, 1.82) is 0 Å². The Hall–Kier alpha value is -1.68. The van der Waals surface area contributed by atoms with Gasteiger partial charge in [0.1, 0.15) is 0 Å². The average molecular weight is 291 g/mol. The largest absolute Gasteiger partial charge is 0.349 e. The topological polar surface area (TPSA) is 50.7 Å². The SMILES string of the molecule is CCc1nnc(NCc2cccc(CCl)c2)nc1CC. The van der Waals surface area contributed by atoms with Crippen molar-refractivity contribution in [1.82, 2.24) is 15.2 Å². The summed E-state index contributed by atoms with van der Waals surface area (Å²) >= 11 is 5.83. The van der Waals surface area contributed by atoms with Crippen molar-refractivity contribution in [3.05, 3.63) is 46.8 Å². The number of rotatable bonds is 6. The van der Waals surface area contributed by atoms with E-state index in [9.17, 15) is 0 Å². The Morgan fingerprint density at radius 3 is 2.50 bits per heavy atom. The first-order valence-corrected chi connectivity index (χ1v) is 7.40. The van der Waals surface area contributed by atoms with E-state index in [1.807, 2.05) is 12.1 Å². The molecule has 0 amide bonds. The molecular weight excluding hydrogens is 272 g/mol. The lowest BCUT2D eigenvalue weighted by atomic mass is 10.1. The minimum absolute atomic E-state index is 0.525. The summed E-state index contributed by atoms with van der Waals surface area (Å²) in [5.41, 5.74) is 4.26. The van der Waals surface area contributed by atoms with E-state index in [4.69, 9.17) is 11.6 Å². The molecule has 20 heavy (non-hydrogen) atoms. The molecule has 0 unspecified atom stereocenters. The lowest BCUT2D eigenvalue weighted by Gasteiger charge is -2.08. The van der Waals surface area contributed by atoms with Crippen LogP contribution in [-0.2, 0) is 25.3 Å². The Balaban J connectivity index is 2.06. The molecular formula is C15H19ClN4. The molecule has 1 heterocycles. The summed E-state index contributed by atoms with van der Waals surface area (Å²) < 4.78 is 0. The number of anilines is 1. The molecule has 0 radical (unpaired) electrons. The van der Waals surface area contributed by atoms with Gasteiger partial charge in [0.05, 0.1) is 11.4 Å². The highest BCUT2D eigenvalue weighted by Gasteiger charge is 2.05. The Morgan fingerprint density at radius 2 is 1.80 bits per heavy atom. The molecule has 1 N–H and O–H groups in total. The third kappa shape index (κ3) is 3.67. The third-order valence-electron chi connectivity index (χ3n) is 3.11. The van der Waals surface area contributed by atoms with Gasteiger partial charge in [0.15, 0.2) is 0 Å². The van der Waals surface area contributed by atoms with Crippen LogP contribution in [0.2, 0.25) is 0 Å². The molecule has 4 nitrogen and oxygen atoms in total. The highest BCUT2D eigenvalue weighted by Crippen LogP contribution is 2.11. The minimum Gasteiger partial charge on any atom is -0.349 e. The van der Waals surface area contributed by atoms with Crippen LogP contribution in [-0.4, -0.2) is 15.2 Å². The summed E-state index contributed by atoms with van der Waals surface area (Å²) in [6, 6.07) is 8.15. The molecule has 0 aliphatic carbocycles. The molecule has 106 valence electrons. The van der Waals surface area contributed by atoms with Crippen LogP contribution < -0.4 is 5.32 Å². The molecule has 2 rings (SSSR count). The molecule has 2 aromatic rings. The number of hydrogen-bond acceptors (Lipinski definition) is 4. The van der Waals surface area contributed by atoms with Crippen LogP contribution in [0, 0.1) is 0 Å². The Labute approximate surface area is 124 Å². The summed E-state index contributed by atoms with van der Waals surface area (Å²) in [5.74, 6) is 1.10. The van der Waals surface area contributed by atoms with E-state index in [0.29, 0.717) is 18.4 Å². The summed E-state index contributed by atoms with van der Waals surface area (Å²) in [6.45, 7) is 4.81. The normalized spacial score (nSPS) is 10.6. The molecule has 5 heteroatoms. The van der Waals surface area contributed by atoms with Gasteiger partial charge in [0.25, 0.3) is 0 Å². The lowest BCUT2D eigenvalue weighted by Crippen LogP contribution is -2.09. The van der Waals surface area contributed by atoms with Gasteiger partial charge in [0, 0.05) is 12.4 Å². The van der Waals surface area contributed by atoms with Crippen molar-refractivity contribution in [3.8, 4) is 0 Å². The summed E-state index contributed by atoms with van der Waals surface area (Å²) in [4.78, 5) is 4.51. The van der Waals surface area contributed by atoms with Gasteiger partial charge in [0.2, 0.25) is 5.95 Å². The number of alkyl halides is 1. The van der Waals surface area contributed by atoms with Gasteiger partial charge < -0.3 is 5.32 Å². The van der Waals surface area contributed by atoms with Crippen LogP contribution in [0.1, 0.15) is 36.4 Å². The fourth-order valence-electron chi connectivity index (χ4n) is 2.02. The molecule has 0 fully saturated rings. The molecule has 0 saturated heterocycles. The van der Waals surface area contributed by atoms with E-state index in [1.165, 1.54) is 0 Å². The third-order valence-corrected chi connectivity index (χ3v) is 3.41. The number of hydrogen-bond donors (Lipinski definition) is 1. The average Bonchev–Trinajstić information content (AvgIpc) is 2.52. The van der Waals surface area contributed by atoms with Gasteiger partial charge in [-0.3, -0.25) is 0 Å². The molecule has 0 aliphatic rings. The predicted molar refractivity (Wildman–Crippen MR) is 81.9 cm³/mol. The molecule has 0 aliphatic heterocycles. The van der Waals surface area contributed by atoms with E-state index in [-0.39, 0.29) is 0 Å². The maximum atomic E-state index is 5.83. The number of nitrogens with one attached hydrogen (secondary N) is 1. The van der Waals surface area contributed by atoms with Crippen LogP contribution in [0.15, 0.2) is 24.3 Å². The fraction of sp³-hybridized carbons (Fsp3) is 0.400. The second-order valence-corrected chi connectivity index (χ2v) is 4.81. The second-order valence-electron chi connectivity index (χ2n) is 4.54. The van der Waals surface area contributed by atoms with E-state index in [0.717, 1.165) is 35.4 Å². The van der Waals surface area contributed by atoms with Gasteiger partial charge in [-0.1, -0.05) is 38.1 Å². The zero-order chi connectivity index (χ0) is 14.4. The van der Waals surface area contributed by atoms with Gasteiger partial charge in [-0.15, -0.1) is 16.7 Å². The summed E-state index contributed by atoms with van der Waals surface area (Å²) in [6.07, 6.45) is 1.73. The van der Waals surface area contributed by atoms with Crippen LogP contribution in [0.3, 0.4) is 0 Å². The van der Waals surface area contributed by atoms with Gasteiger partial charge in [-0.25, -0.2) is 4.98 Å². The summed E-state index contributed by atoms with van der Waals surface area (Å²) in [5, 5.41) is 11.5. The Morgan fingerprint density at radius 1 is 1.05 bits per heavy atom. The van der Waals surface area contributed by atoms with Crippen molar-refractivity contribution < 1.29 is 0 Å². The van der Waals surface area contributed by atoms with Crippen molar-refractivity contribution in [2.75, 3.05) is 5.32 Å². The molecule has 0 bridgehead atoms. The number of aryl methyl sites for hydroxylation is 2. The van der Waals surface area contributed by atoms with Crippen LogP contribution in [0.4, 0.5) is 5.95 Å². The van der Waals surface area contributed by atoms with Gasteiger partial charge in [-0.05, 0) is 24.0 Å². The zero-order valence-electron chi connectivity index (χ0n) is 11.9. The predicted octanol–water partition coefficient (Wildman–Crippen LogP) is 3.35. The molecule has 0 atom stereocenters. The minimum atomic E-state index is 0.525. The molecule has 1 aromatic heterocycles.